The highest BCUT2D eigenvalue weighted by Gasteiger charge is 2.14. The molecule has 0 saturated carbocycles. The number of hydrogen-bond donors (Lipinski definition) is 1. The lowest BCUT2D eigenvalue weighted by atomic mass is 10.1. The third kappa shape index (κ3) is 3.41. The van der Waals surface area contributed by atoms with Crippen molar-refractivity contribution in [3.63, 3.8) is 0 Å². The molecule has 1 atom stereocenters. The van der Waals surface area contributed by atoms with Crippen LogP contribution in [-0.2, 0) is 0 Å². The van der Waals surface area contributed by atoms with Crippen LogP contribution in [0.4, 0.5) is 10.1 Å². The van der Waals surface area contributed by atoms with Gasteiger partial charge in [0.1, 0.15) is 5.82 Å². The number of anilines is 1. The number of nitrogens with one attached hydrogen (secondary N) is 1. The van der Waals surface area contributed by atoms with E-state index in [1.807, 2.05) is 6.92 Å². The fraction of sp³-hybridized carbons (Fsp3) is 0.143. The molecule has 1 nitrogen and oxygen atoms in total. The maximum absolute atomic E-state index is 13.8. The van der Waals surface area contributed by atoms with Crippen molar-refractivity contribution in [3.8, 4) is 0 Å². The van der Waals surface area contributed by atoms with Gasteiger partial charge in [-0.1, -0.05) is 45.2 Å². The fourth-order valence-corrected chi connectivity index (χ4v) is 2.66. The summed E-state index contributed by atoms with van der Waals surface area (Å²) in [5.74, 6) is -0.272. The summed E-state index contributed by atoms with van der Waals surface area (Å²) in [6.45, 7) is 1.85. The van der Waals surface area contributed by atoms with Crippen molar-refractivity contribution < 1.29 is 4.39 Å². The average molecular weight is 363 g/mol. The van der Waals surface area contributed by atoms with Crippen LogP contribution in [0.15, 0.2) is 40.9 Å². The van der Waals surface area contributed by atoms with Crippen LogP contribution in [0.1, 0.15) is 18.5 Å². The summed E-state index contributed by atoms with van der Waals surface area (Å²) in [6.07, 6.45) is 0. The molecule has 0 fully saturated rings. The molecule has 2 aromatic rings. The van der Waals surface area contributed by atoms with Crippen molar-refractivity contribution >= 4 is 44.8 Å². The molecule has 5 heteroatoms. The zero-order chi connectivity index (χ0) is 14.0. The van der Waals surface area contributed by atoms with Crippen LogP contribution in [0, 0.1) is 5.82 Å². The van der Waals surface area contributed by atoms with Gasteiger partial charge >= 0.3 is 0 Å². The van der Waals surface area contributed by atoms with Gasteiger partial charge in [0.05, 0.1) is 21.8 Å². The van der Waals surface area contributed by atoms with Crippen LogP contribution in [0.25, 0.3) is 0 Å². The van der Waals surface area contributed by atoms with Crippen LogP contribution in [0.5, 0.6) is 0 Å². The van der Waals surface area contributed by atoms with E-state index in [-0.39, 0.29) is 11.9 Å². The minimum atomic E-state index is -0.272. The van der Waals surface area contributed by atoms with Crippen molar-refractivity contribution in [2.75, 3.05) is 5.32 Å². The molecule has 0 aliphatic heterocycles. The monoisotopic (exact) mass is 361 g/mol. The molecule has 0 radical (unpaired) electrons. The summed E-state index contributed by atoms with van der Waals surface area (Å²) >= 11 is 15.5. The van der Waals surface area contributed by atoms with E-state index in [1.54, 1.807) is 30.3 Å². The lowest BCUT2D eigenvalue weighted by molar-refractivity contribution is 0.600. The van der Waals surface area contributed by atoms with E-state index in [0.717, 1.165) is 4.47 Å². The van der Waals surface area contributed by atoms with Crippen LogP contribution in [0.3, 0.4) is 0 Å². The zero-order valence-electron chi connectivity index (χ0n) is 10.1. The van der Waals surface area contributed by atoms with Gasteiger partial charge in [-0.25, -0.2) is 4.39 Å². The normalized spacial score (nSPS) is 12.3. The summed E-state index contributed by atoms with van der Waals surface area (Å²) in [6, 6.07) is 9.80. The summed E-state index contributed by atoms with van der Waals surface area (Å²) in [5.41, 5.74) is 1.16. The van der Waals surface area contributed by atoms with Gasteiger partial charge in [0.15, 0.2) is 0 Å². The molecule has 100 valence electrons. The first-order valence-electron chi connectivity index (χ1n) is 5.64. The molecule has 2 aromatic carbocycles. The molecule has 0 aromatic heterocycles. The first-order valence-corrected chi connectivity index (χ1v) is 7.19. The van der Waals surface area contributed by atoms with Crippen molar-refractivity contribution in [2.45, 2.75) is 13.0 Å². The predicted molar refractivity (Wildman–Crippen MR) is 82.6 cm³/mol. The summed E-state index contributed by atoms with van der Waals surface area (Å²) in [4.78, 5) is 0. The molecule has 1 N–H and O–H groups in total. The van der Waals surface area contributed by atoms with Crippen LogP contribution in [0.2, 0.25) is 10.0 Å². The highest BCUT2D eigenvalue weighted by atomic mass is 79.9. The number of hydrogen-bond acceptors (Lipinski definition) is 1. The minimum Gasteiger partial charge on any atom is -0.376 e. The van der Waals surface area contributed by atoms with E-state index < -0.39 is 0 Å². The van der Waals surface area contributed by atoms with Gasteiger partial charge in [-0.05, 0) is 37.3 Å². The van der Waals surface area contributed by atoms with E-state index in [2.05, 4.69) is 21.2 Å². The number of para-hydroxylation sites is 1. The lowest BCUT2D eigenvalue weighted by Crippen LogP contribution is -2.09. The first kappa shape index (κ1) is 14.6. The SMILES string of the molecule is CC(Nc1c(Cl)cccc1Cl)c1cc(Br)ccc1F. The molecular formula is C14H11BrCl2FN. The van der Waals surface area contributed by atoms with E-state index in [0.29, 0.717) is 21.3 Å². The third-order valence-corrected chi connectivity index (χ3v) is 3.87. The molecule has 2 rings (SSSR count). The van der Waals surface area contributed by atoms with Crippen LogP contribution in [-0.4, -0.2) is 0 Å². The van der Waals surface area contributed by atoms with Gasteiger partial charge in [-0.15, -0.1) is 0 Å². The van der Waals surface area contributed by atoms with E-state index in [1.165, 1.54) is 6.07 Å². The highest BCUT2D eigenvalue weighted by Crippen LogP contribution is 2.33. The quantitative estimate of drug-likeness (QED) is 0.698. The van der Waals surface area contributed by atoms with E-state index >= 15 is 0 Å². The Morgan fingerprint density at radius 1 is 1.16 bits per heavy atom. The lowest BCUT2D eigenvalue weighted by Gasteiger charge is -2.18. The van der Waals surface area contributed by atoms with E-state index in [4.69, 9.17) is 23.2 Å². The van der Waals surface area contributed by atoms with Crippen molar-refractivity contribution in [1.29, 1.82) is 0 Å². The van der Waals surface area contributed by atoms with E-state index in [9.17, 15) is 4.39 Å². The standard InChI is InChI=1S/C14H11BrCl2FN/c1-8(10-7-9(15)5-6-13(10)18)19-14-11(16)3-2-4-12(14)17/h2-8,19H,1H3. The van der Waals surface area contributed by atoms with Crippen molar-refractivity contribution in [2.24, 2.45) is 0 Å². The Kier molecular flexibility index (Phi) is 4.71. The Labute approximate surface area is 129 Å². The zero-order valence-corrected chi connectivity index (χ0v) is 13.2. The molecule has 1 unspecified atom stereocenters. The molecule has 0 heterocycles. The fourth-order valence-electron chi connectivity index (χ4n) is 1.78. The van der Waals surface area contributed by atoms with Crippen LogP contribution >= 0.6 is 39.1 Å². The first-order chi connectivity index (χ1) is 8.99. The van der Waals surface area contributed by atoms with Gasteiger partial charge in [0, 0.05) is 10.0 Å². The molecule has 0 aliphatic rings. The summed E-state index contributed by atoms with van der Waals surface area (Å²) in [7, 11) is 0. The predicted octanol–water partition coefficient (Wildman–Crippen LogP) is 6.07. The van der Waals surface area contributed by atoms with Gasteiger partial charge in [0.25, 0.3) is 0 Å². The minimum absolute atomic E-state index is 0.255. The molecule has 0 bridgehead atoms. The maximum atomic E-state index is 13.8. The topological polar surface area (TPSA) is 12.0 Å². The Hall–Kier alpha value is -0.770. The molecule has 0 spiro atoms. The second kappa shape index (κ2) is 6.12. The molecule has 19 heavy (non-hydrogen) atoms. The van der Waals surface area contributed by atoms with Gasteiger partial charge in [-0.2, -0.15) is 0 Å². The maximum Gasteiger partial charge on any atom is 0.128 e. The Morgan fingerprint density at radius 2 is 1.79 bits per heavy atom. The van der Waals surface area contributed by atoms with Crippen molar-refractivity contribution in [1.82, 2.24) is 0 Å². The smallest absolute Gasteiger partial charge is 0.128 e. The van der Waals surface area contributed by atoms with Gasteiger partial charge in [-0.3, -0.25) is 0 Å². The van der Waals surface area contributed by atoms with Gasteiger partial charge < -0.3 is 5.32 Å². The average Bonchev–Trinajstić information content (AvgIpc) is 2.37. The summed E-state index contributed by atoms with van der Waals surface area (Å²) in [5, 5.41) is 4.16. The van der Waals surface area contributed by atoms with Crippen molar-refractivity contribution in [3.05, 3.63) is 62.3 Å². The highest BCUT2D eigenvalue weighted by molar-refractivity contribution is 9.10. The molecule has 0 aliphatic carbocycles. The summed E-state index contributed by atoms with van der Waals surface area (Å²) < 4.78 is 14.6. The second-order valence-electron chi connectivity index (χ2n) is 4.13. The van der Waals surface area contributed by atoms with Gasteiger partial charge in [0.2, 0.25) is 0 Å². The second-order valence-corrected chi connectivity index (χ2v) is 5.86. The molecule has 0 saturated heterocycles. The number of rotatable bonds is 3. The Morgan fingerprint density at radius 3 is 2.42 bits per heavy atom. The Bertz CT molecular complexity index is 584. The number of halogens is 4. The molecular weight excluding hydrogens is 352 g/mol. The molecule has 0 amide bonds. The Balaban J connectivity index is 2.31. The van der Waals surface area contributed by atoms with Crippen LogP contribution < -0.4 is 5.32 Å². The third-order valence-electron chi connectivity index (χ3n) is 2.75. The number of benzene rings is 2. The largest absolute Gasteiger partial charge is 0.376 e.